The highest BCUT2D eigenvalue weighted by molar-refractivity contribution is 9.10. The number of amides is 1. The van der Waals surface area contributed by atoms with Crippen LogP contribution < -0.4 is 5.32 Å². The summed E-state index contributed by atoms with van der Waals surface area (Å²) in [6, 6.07) is 5.49. The molecule has 0 aliphatic carbocycles. The number of nitrogens with zero attached hydrogens (tertiary/aromatic N) is 3. The normalized spacial score (nSPS) is 10.8. The van der Waals surface area contributed by atoms with Crippen molar-refractivity contribution in [1.29, 1.82) is 0 Å². The lowest BCUT2D eigenvalue weighted by Gasteiger charge is -2.03. The van der Waals surface area contributed by atoms with Gasteiger partial charge in [0.1, 0.15) is 0 Å². The molecule has 3 aromatic heterocycles. The molecule has 120 valence electrons. The number of carbonyl (C=O) groups is 1. The van der Waals surface area contributed by atoms with Crippen molar-refractivity contribution in [3.8, 4) is 10.6 Å². The topological polar surface area (TPSA) is 73.0 Å². The van der Waals surface area contributed by atoms with E-state index in [0.717, 1.165) is 28.7 Å². The van der Waals surface area contributed by atoms with Crippen LogP contribution in [0.4, 0.5) is 0 Å². The molecule has 0 spiro atoms. The first-order valence-corrected chi connectivity index (χ1v) is 8.87. The lowest BCUT2D eigenvalue weighted by atomic mass is 10.3. The first-order valence-electron chi connectivity index (χ1n) is 7.20. The van der Waals surface area contributed by atoms with Crippen LogP contribution in [-0.2, 0) is 6.54 Å². The van der Waals surface area contributed by atoms with Gasteiger partial charge in [-0.2, -0.15) is 5.10 Å². The van der Waals surface area contributed by atoms with Gasteiger partial charge in [0, 0.05) is 36.0 Å². The summed E-state index contributed by atoms with van der Waals surface area (Å²) in [5.74, 6) is 0.377. The second-order valence-electron chi connectivity index (χ2n) is 4.91. The summed E-state index contributed by atoms with van der Waals surface area (Å²) in [4.78, 5) is 13.0. The Morgan fingerprint density at radius 1 is 1.43 bits per heavy atom. The fourth-order valence-corrected chi connectivity index (χ4v) is 3.60. The molecular formula is C15H15BrN4O2S. The molecule has 0 unspecified atom stereocenters. The van der Waals surface area contributed by atoms with E-state index in [0.29, 0.717) is 18.0 Å². The van der Waals surface area contributed by atoms with Gasteiger partial charge >= 0.3 is 0 Å². The van der Waals surface area contributed by atoms with Gasteiger partial charge in [-0.1, -0.05) is 5.16 Å². The van der Waals surface area contributed by atoms with Crippen molar-refractivity contribution in [3.05, 3.63) is 46.1 Å². The van der Waals surface area contributed by atoms with Crippen molar-refractivity contribution in [1.82, 2.24) is 20.3 Å². The zero-order chi connectivity index (χ0) is 16.1. The lowest BCUT2D eigenvalue weighted by molar-refractivity contribution is 0.0944. The maximum absolute atomic E-state index is 12.0. The van der Waals surface area contributed by atoms with Crippen LogP contribution in [0.15, 0.2) is 45.0 Å². The van der Waals surface area contributed by atoms with Crippen LogP contribution in [0.5, 0.6) is 0 Å². The summed E-state index contributed by atoms with van der Waals surface area (Å²) >= 11 is 4.97. The number of halogens is 1. The quantitative estimate of drug-likeness (QED) is 0.621. The molecule has 0 bridgehead atoms. The highest BCUT2D eigenvalue weighted by Crippen LogP contribution is 2.33. The van der Waals surface area contributed by atoms with E-state index >= 15 is 0 Å². The lowest BCUT2D eigenvalue weighted by Crippen LogP contribution is -2.24. The van der Waals surface area contributed by atoms with E-state index in [-0.39, 0.29) is 5.91 Å². The molecule has 0 radical (unpaired) electrons. The van der Waals surface area contributed by atoms with Crippen molar-refractivity contribution < 1.29 is 9.32 Å². The number of carbonyl (C=O) groups excluding carboxylic acids is 1. The van der Waals surface area contributed by atoms with Gasteiger partial charge in [0.15, 0.2) is 11.5 Å². The third-order valence-electron chi connectivity index (χ3n) is 3.24. The summed E-state index contributed by atoms with van der Waals surface area (Å²) in [6.07, 6.45) is 5.52. The monoisotopic (exact) mass is 394 g/mol. The minimum atomic E-state index is -0.216. The molecule has 23 heavy (non-hydrogen) atoms. The Hall–Kier alpha value is -1.93. The van der Waals surface area contributed by atoms with E-state index in [9.17, 15) is 4.79 Å². The van der Waals surface area contributed by atoms with Crippen LogP contribution in [0.1, 0.15) is 23.3 Å². The Balaban J connectivity index is 1.45. The molecule has 1 amide bonds. The van der Waals surface area contributed by atoms with Gasteiger partial charge in [0.2, 0.25) is 0 Å². The fraction of sp³-hybridized carbons (Fsp3) is 0.267. The van der Waals surface area contributed by atoms with Crippen LogP contribution >= 0.6 is 27.3 Å². The van der Waals surface area contributed by atoms with Crippen LogP contribution in [0.25, 0.3) is 10.6 Å². The molecule has 1 N–H and O–H groups in total. The second kappa shape index (κ2) is 7.56. The summed E-state index contributed by atoms with van der Waals surface area (Å²) < 4.78 is 8.06. The summed E-state index contributed by atoms with van der Waals surface area (Å²) in [6.45, 7) is 1.45. The number of hydrogen-bond acceptors (Lipinski definition) is 5. The van der Waals surface area contributed by atoms with Crippen LogP contribution in [-0.4, -0.2) is 27.4 Å². The van der Waals surface area contributed by atoms with E-state index in [1.807, 2.05) is 28.4 Å². The van der Waals surface area contributed by atoms with Gasteiger partial charge < -0.3 is 9.84 Å². The molecule has 0 saturated heterocycles. The first kappa shape index (κ1) is 15.9. The highest BCUT2D eigenvalue weighted by atomic mass is 79.9. The number of aryl methyl sites for hydroxylation is 1. The summed E-state index contributed by atoms with van der Waals surface area (Å²) in [7, 11) is 0. The fourth-order valence-electron chi connectivity index (χ4n) is 2.08. The average Bonchev–Trinajstić information content (AvgIpc) is 3.27. The van der Waals surface area contributed by atoms with Gasteiger partial charge in [-0.3, -0.25) is 9.48 Å². The van der Waals surface area contributed by atoms with Crippen LogP contribution in [0.2, 0.25) is 0 Å². The number of unbranched alkanes of at least 4 members (excludes halogenated alkanes) is 1. The molecule has 0 aliphatic heterocycles. The predicted octanol–water partition coefficient (Wildman–Crippen LogP) is 3.57. The zero-order valence-electron chi connectivity index (χ0n) is 12.2. The van der Waals surface area contributed by atoms with Crippen molar-refractivity contribution in [3.63, 3.8) is 0 Å². The average molecular weight is 395 g/mol. The Morgan fingerprint density at radius 3 is 3.09 bits per heavy atom. The van der Waals surface area contributed by atoms with Gasteiger partial charge in [-0.15, -0.1) is 11.3 Å². The Kier molecular flexibility index (Phi) is 5.24. The third kappa shape index (κ3) is 4.08. The predicted molar refractivity (Wildman–Crippen MR) is 91.3 cm³/mol. The smallest absolute Gasteiger partial charge is 0.273 e. The van der Waals surface area contributed by atoms with Crippen molar-refractivity contribution in [2.75, 3.05) is 6.54 Å². The van der Waals surface area contributed by atoms with Crippen molar-refractivity contribution in [2.24, 2.45) is 0 Å². The molecular weight excluding hydrogens is 380 g/mol. The SMILES string of the molecule is O=C(NCCCCn1cccn1)c1cc(-c2sccc2Br)on1. The molecule has 0 aliphatic rings. The Bertz CT molecular complexity index is 766. The molecule has 3 rings (SSSR count). The standard InChI is InChI=1S/C15H15BrN4O2S/c16-11-4-9-23-14(11)13-10-12(19-22-13)15(21)17-5-1-2-7-20-8-3-6-18-20/h3-4,6,8-10H,1-2,5,7H2,(H,17,21). The molecule has 0 saturated carbocycles. The minimum absolute atomic E-state index is 0.216. The Morgan fingerprint density at radius 2 is 2.35 bits per heavy atom. The summed E-state index contributed by atoms with van der Waals surface area (Å²) in [5.41, 5.74) is 0.298. The van der Waals surface area contributed by atoms with E-state index in [2.05, 4.69) is 31.5 Å². The maximum Gasteiger partial charge on any atom is 0.273 e. The number of aromatic nitrogens is 3. The number of nitrogens with one attached hydrogen (secondary N) is 1. The van der Waals surface area contributed by atoms with Crippen molar-refractivity contribution in [2.45, 2.75) is 19.4 Å². The Labute approximate surface area is 145 Å². The van der Waals surface area contributed by atoms with Crippen LogP contribution in [0, 0.1) is 0 Å². The highest BCUT2D eigenvalue weighted by Gasteiger charge is 2.15. The number of thiophene rings is 1. The zero-order valence-corrected chi connectivity index (χ0v) is 14.6. The van der Waals surface area contributed by atoms with E-state index in [4.69, 9.17) is 4.52 Å². The molecule has 0 atom stereocenters. The first-order chi connectivity index (χ1) is 11.2. The maximum atomic E-state index is 12.0. The van der Waals surface area contributed by atoms with Gasteiger partial charge in [0.25, 0.3) is 5.91 Å². The molecule has 6 nitrogen and oxygen atoms in total. The summed E-state index contributed by atoms with van der Waals surface area (Å²) in [5, 5.41) is 12.8. The van der Waals surface area contributed by atoms with Gasteiger partial charge in [0.05, 0.1) is 4.88 Å². The molecule has 0 fully saturated rings. The molecule has 3 heterocycles. The second-order valence-corrected chi connectivity index (χ2v) is 6.68. The van der Waals surface area contributed by atoms with Gasteiger partial charge in [-0.25, -0.2) is 0 Å². The van der Waals surface area contributed by atoms with E-state index < -0.39 is 0 Å². The molecule has 3 aromatic rings. The molecule has 8 heteroatoms. The van der Waals surface area contributed by atoms with E-state index in [1.165, 1.54) is 11.3 Å². The number of hydrogen-bond donors (Lipinski definition) is 1. The largest absolute Gasteiger partial charge is 0.355 e. The minimum Gasteiger partial charge on any atom is -0.355 e. The van der Waals surface area contributed by atoms with Crippen molar-refractivity contribution >= 4 is 33.2 Å². The third-order valence-corrected chi connectivity index (χ3v) is 5.09. The van der Waals surface area contributed by atoms with Gasteiger partial charge in [-0.05, 0) is 46.3 Å². The molecule has 0 aromatic carbocycles. The van der Waals surface area contributed by atoms with E-state index in [1.54, 1.807) is 12.3 Å². The number of rotatable bonds is 7. The van der Waals surface area contributed by atoms with Crippen LogP contribution in [0.3, 0.4) is 0 Å².